The number of carbonyl (C=O) groups excluding carboxylic acids is 2. The third kappa shape index (κ3) is 4.05. The summed E-state index contributed by atoms with van der Waals surface area (Å²) in [6.45, 7) is 1.87. The average Bonchev–Trinajstić information content (AvgIpc) is 2.60. The second-order valence-electron chi connectivity index (χ2n) is 4.59. The summed E-state index contributed by atoms with van der Waals surface area (Å²) in [7, 11) is 1.35. The van der Waals surface area contributed by atoms with Crippen molar-refractivity contribution in [3.8, 4) is 5.75 Å². The second-order valence-corrected chi connectivity index (χ2v) is 5.77. The number of hydrogen-bond donors (Lipinski definition) is 0. The number of benzene rings is 1. The molecule has 7 heteroatoms. The van der Waals surface area contributed by atoms with Crippen LogP contribution in [0.2, 0.25) is 0 Å². The van der Waals surface area contributed by atoms with Crippen LogP contribution < -0.4 is 10.4 Å². The molecule has 0 N–H and O–H groups in total. The number of esters is 1. The Morgan fingerprint density at radius 1 is 1.33 bits per heavy atom. The van der Waals surface area contributed by atoms with E-state index in [0.717, 1.165) is 11.0 Å². The predicted molar refractivity (Wildman–Crippen MR) is 88.6 cm³/mol. The summed E-state index contributed by atoms with van der Waals surface area (Å²) in [6.07, 6.45) is 0.386. The maximum absolute atomic E-state index is 12.4. The van der Waals surface area contributed by atoms with E-state index in [-0.39, 0.29) is 23.7 Å². The highest BCUT2D eigenvalue weighted by atomic mass is 32.2. The molecular formula is C17H16O6S. The largest absolute Gasteiger partial charge is 0.496 e. The first-order valence-corrected chi connectivity index (χ1v) is 8.04. The molecule has 2 rings (SSSR count). The van der Waals surface area contributed by atoms with Crippen LogP contribution in [-0.2, 0) is 9.53 Å². The quantitative estimate of drug-likeness (QED) is 0.432. The van der Waals surface area contributed by atoms with Crippen molar-refractivity contribution in [1.29, 1.82) is 0 Å². The van der Waals surface area contributed by atoms with E-state index in [1.807, 2.05) is 30.3 Å². The zero-order valence-corrected chi connectivity index (χ0v) is 14.0. The number of carbonyl (C=O) groups is 2. The molecule has 0 saturated heterocycles. The van der Waals surface area contributed by atoms with Crippen LogP contribution in [0.3, 0.4) is 0 Å². The molecule has 0 saturated carbocycles. The SMILES string of the molecule is CCOC(=O)C(Sc1ccccc1)c1c(OC)cc(=O)oc1C=O. The molecule has 1 atom stereocenters. The number of thioether (sulfide) groups is 1. The van der Waals surface area contributed by atoms with Gasteiger partial charge in [-0.3, -0.25) is 9.59 Å². The van der Waals surface area contributed by atoms with E-state index in [1.54, 1.807) is 6.92 Å². The van der Waals surface area contributed by atoms with Crippen LogP contribution in [-0.4, -0.2) is 26.0 Å². The van der Waals surface area contributed by atoms with E-state index in [4.69, 9.17) is 13.9 Å². The lowest BCUT2D eigenvalue weighted by Crippen LogP contribution is -2.17. The molecule has 0 radical (unpaired) electrons. The number of aldehydes is 1. The Kier molecular flexibility index (Phi) is 6.20. The molecule has 1 aromatic carbocycles. The van der Waals surface area contributed by atoms with E-state index >= 15 is 0 Å². The van der Waals surface area contributed by atoms with Crippen LogP contribution in [0, 0.1) is 0 Å². The van der Waals surface area contributed by atoms with Gasteiger partial charge in [-0.2, -0.15) is 0 Å². The molecule has 126 valence electrons. The van der Waals surface area contributed by atoms with Crippen LogP contribution in [0.25, 0.3) is 0 Å². The van der Waals surface area contributed by atoms with Gasteiger partial charge in [-0.1, -0.05) is 18.2 Å². The maximum Gasteiger partial charge on any atom is 0.340 e. The number of methoxy groups -OCH3 is 1. The van der Waals surface area contributed by atoms with E-state index in [2.05, 4.69) is 0 Å². The van der Waals surface area contributed by atoms with Gasteiger partial charge in [0.2, 0.25) is 0 Å². The van der Waals surface area contributed by atoms with E-state index < -0.39 is 16.8 Å². The summed E-state index contributed by atoms with van der Waals surface area (Å²) in [5, 5.41) is -0.910. The molecule has 0 aliphatic rings. The number of ether oxygens (including phenoxy) is 2. The Morgan fingerprint density at radius 3 is 2.62 bits per heavy atom. The van der Waals surface area contributed by atoms with Crippen molar-refractivity contribution in [3.05, 3.63) is 58.1 Å². The van der Waals surface area contributed by atoms with E-state index in [9.17, 15) is 14.4 Å². The molecule has 24 heavy (non-hydrogen) atoms. The molecule has 1 unspecified atom stereocenters. The van der Waals surface area contributed by atoms with E-state index in [0.29, 0.717) is 6.29 Å². The summed E-state index contributed by atoms with van der Waals surface area (Å²) in [5.74, 6) is -0.697. The van der Waals surface area contributed by atoms with Gasteiger partial charge in [0.05, 0.1) is 25.3 Å². The average molecular weight is 348 g/mol. The lowest BCUT2D eigenvalue weighted by Gasteiger charge is -2.18. The standard InChI is InChI=1S/C17H16O6S/c1-3-22-17(20)16(24-11-7-5-4-6-8-11)15-12(21-2)9-14(19)23-13(15)10-18/h4-10,16H,3H2,1-2H3. The molecule has 0 spiro atoms. The molecule has 0 aliphatic carbocycles. The van der Waals surface area contributed by atoms with Gasteiger partial charge in [0.25, 0.3) is 0 Å². The third-order valence-electron chi connectivity index (χ3n) is 3.08. The Hall–Kier alpha value is -2.54. The Balaban J connectivity index is 2.56. The summed E-state index contributed by atoms with van der Waals surface area (Å²) >= 11 is 1.18. The van der Waals surface area contributed by atoms with Crippen molar-refractivity contribution >= 4 is 24.0 Å². The zero-order chi connectivity index (χ0) is 17.5. The highest BCUT2D eigenvalue weighted by molar-refractivity contribution is 8.00. The Bertz CT molecular complexity index is 768. The maximum atomic E-state index is 12.4. The molecule has 6 nitrogen and oxygen atoms in total. The van der Waals surface area contributed by atoms with Crippen LogP contribution in [0.5, 0.6) is 5.75 Å². The van der Waals surface area contributed by atoms with Gasteiger partial charge in [0.15, 0.2) is 12.0 Å². The van der Waals surface area contributed by atoms with Crippen molar-refractivity contribution in [1.82, 2.24) is 0 Å². The van der Waals surface area contributed by atoms with Crippen molar-refractivity contribution in [2.45, 2.75) is 17.1 Å². The third-order valence-corrected chi connectivity index (χ3v) is 4.29. The molecule has 1 heterocycles. The molecule has 0 bridgehead atoms. The normalized spacial score (nSPS) is 11.6. The first-order valence-electron chi connectivity index (χ1n) is 7.16. The number of rotatable bonds is 7. The summed E-state index contributed by atoms with van der Waals surface area (Å²) in [6, 6.07) is 10.2. The Labute approximate surface area is 142 Å². The minimum atomic E-state index is -0.910. The van der Waals surface area contributed by atoms with Gasteiger partial charge in [-0.25, -0.2) is 4.79 Å². The van der Waals surface area contributed by atoms with Crippen LogP contribution in [0.15, 0.2) is 50.5 Å². The van der Waals surface area contributed by atoms with Crippen molar-refractivity contribution in [3.63, 3.8) is 0 Å². The summed E-state index contributed by atoms with van der Waals surface area (Å²) in [5.41, 5.74) is -0.551. The van der Waals surface area contributed by atoms with Gasteiger partial charge in [0.1, 0.15) is 11.0 Å². The topological polar surface area (TPSA) is 82.8 Å². The van der Waals surface area contributed by atoms with Crippen LogP contribution in [0.1, 0.15) is 28.3 Å². The fraction of sp³-hybridized carbons (Fsp3) is 0.235. The lowest BCUT2D eigenvalue weighted by atomic mass is 10.1. The van der Waals surface area contributed by atoms with Gasteiger partial charge in [0, 0.05) is 4.90 Å². The smallest absolute Gasteiger partial charge is 0.340 e. The molecule has 1 aromatic heterocycles. The second kappa shape index (κ2) is 8.35. The molecule has 0 amide bonds. The van der Waals surface area contributed by atoms with Gasteiger partial charge < -0.3 is 13.9 Å². The molecule has 0 fully saturated rings. The van der Waals surface area contributed by atoms with Gasteiger partial charge >= 0.3 is 11.6 Å². The fourth-order valence-electron chi connectivity index (χ4n) is 2.09. The van der Waals surface area contributed by atoms with Crippen molar-refractivity contribution in [2.24, 2.45) is 0 Å². The first kappa shape index (κ1) is 17.8. The summed E-state index contributed by atoms with van der Waals surface area (Å²) < 4.78 is 15.2. The minimum absolute atomic E-state index is 0.106. The van der Waals surface area contributed by atoms with Crippen LogP contribution >= 0.6 is 11.8 Å². The van der Waals surface area contributed by atoms with E-state index in [1.165, 1.54) is 18.9 Å². The highest BCUT2D eigenvalue weighted by Gasteiger charge is 2.31. The molecular weight excluding hydrogens is 332 g/mol. The predicted octanol–water partition coefficient (Wildman–Crippen LogP) is 2.86. The van der Waals surface area contributed by atoms with Gasteiger partial charge in [-0.05, 0) is 19.1 Å². The van der Waals surface area contributed by atoms with Crippen molar-refractivity contribution < 1.29 is 23.5 Å². The monoisotopic (exact) mass is 348 g/mol. The highest BCUT2D eigenvalue weighted by Crippen LogP contribution is 2.41. The van der Waals surface area contributed by atoms with Gasteiger partial charge in [-0.15, -0.1) is 11.8 Å². The number of hydrogen-bond acceptors (Lipinski definition) is 7. The van der Waals surface area contributed by atoms with Crippen LogP contribution in [0.4, 0.5) is 0 Å². The lowest BCUT2D eigenvalue weighted by molar-refractivity contribution is -0.142. The Morgan fingerprint density at radius 2 is 2.04 bits per heavy atom. The summed E-state index contributed by atoms with van der Waals surface area (Å²) in [4.78, 5) is 36.1. The first-order chi connectivity index (χ1) is 11.6. The molecule has 2 aromatic rings. The minimum Gasteiger partial charge on any atom is -0.496 e. The zero-order valence-electron chi connectivity index (χ0n) is 13.2. The molecule has 0 aliphatic heterocycles. The van der Waals surface area contributed by atoms with Crippen molar-refractivity contribution in [2.75, 3.05) is 13.7 Å². The fourth-order valence-corrected chi connectivity index (χ4v) is 3.19.